The van der Waals surface area contributed by atoms with Crippen molar-refractivity contribution in [3.63, 3.8) is 0 Å². The molecule has 1 aromatic carbocycles. The lowest BCUT2D eigenvalue weighted by atomic mass is 10.0. The van der Waals surface area contributed by atoms with Gasteiger partial charge in [0.25, 0.3) is 0 Å². The van der Waals surface area contributed by atoms with Gasteiger partial charge in [-0.05, 0) is 38.3 Å². The van der Waals surface area contributed by atoms with E-state index in [-0.39, 0.29) is 24.3 Å². The highest BCUT2D eigenvalue weighted by molar-refractivity contribution is 5.96. The van der Waals surface area contributed by atoms with E-state index in [9.17, 15) is 9.59 Å². The van der Waals surface area contributed by atoms with E-state index in [1.165, 1.54) is 5.56 Å². The van der Waals surface area contributed by atoms with Crippen molar-refractivity contribution >= 4 is 17.5 Å². The predicted molar refractivity (Wildman–Crippen MR) is 86.4 cm³/mol. The van der Waals surface area contributed by atoms with Crippen LogP contribution in [0.2, 0.25) is 0 Å². The molecule has 1 unspecified atom stereocenters. The number of hydrogen-bond acceptors (Lipinski definition) is 2. The van der Waals surface area contributed by atoms with Gasteiger partial charge in [0, 0.05) is 11.6 Å². The normalized spacial score (nSPS) is 11.9. The molecular weight excluding hydrogens is 264 g/mol. The van der Waals surface area contributed by atoms with E-state index in [1.807, 2.05) is 46.8 Å². The number of aryl methyl sites for hydroxylation is 3. The van der Waals surface area contributed by atoms with Crippen molar-refractivity contribution in [1.29, 1.82) is 0 Å². The molecule has 1 rings (SSSR count). The molecule has 1 aromatic rings. The second-order valence-corrected chi connectivity index (χ2v) is 5.73. The SMILES string of the molecule is CCCC(C)C(=O)NCC(=O)Nc1c(C)cc(C)cc1C. The summed E-state index contributed by atoms with van der Waals surface area (Å²) in [7, 11) is 0. The van der Waals surface area contributed by atoms with Crippen LogP contribution in [-0.2, 0) is 9.59 Å². The number of amides is 2. The minimum Gasteiger partial charge on any atom is -0.347 e. The summed E-state index contributed by atoms with van der Waals surface area (Å²) in [5.74, 6) is -0.308. The maximum absolute atomic E-state index is 12.0. The fourth-order valence-corrected chi connectivity index (χ4v) is 2.47. The molecular formula is C17H26N2O2. The van der Waals surface area contributed by atoms with Crippen LogP contribution in [0, 0.1) is 26.7 Å². The van der Waals surface area contributed by atoms with Crippen LogP contribution in [0.4, 0.5) is 5.69 Å². The van der Waals surface area contributed by atoms with Crippen LogP contribution in [-0.4, -0.2) is 18.4 Å². The third-order valence-corrected chi connectivity index (χ3v) is 3.53. The Morgan fingerprint density at radius 3 is 2.24 bits per heavy atom. The van der Waals surface area contributed by atoms with Crippen LogP contribution in [0.3, 0.4) is 0 Å². The number of benzene rings is 1. The van der Waals surface area contributed by atoms with Crippen molar-refractivity contribution in [2.75, 3.05) is 11.9 Å². The third kappa shape index (κ3) is 5.21. The van der Waals surface area contributed by atoms with Gasteiger partial charge in [-0.2, -0.15) is 0 Å². The summed E-state index contributed by atoms with van der Waals surface area (Å²) >= 11 is 0. The van der Waals surface area contributed by atoms with E-state index >= 15 is 0 Å². The van der Waals surface area contributed by atoms with Crippen LogP contribution < -0.4 is 10.6 Å². The Morgan fingerprint density at radius 1 is 1.14 bits per heavy atom. The van der Waals surface area contributed by atoms with Crippen molar-refractivity contribution in [3.05, 3.63) is 28.8 Å². The second kappa shape index (κ2) is 7.81. The maximum Gasteiger partial charge on any atom is 0.243 e. The highest BCUT2D eigenvalue weighted by Gasteiger charge is 2.13. The predicted octanol–water partition coefficient (Wildman–Crippen LogP) is 3.10. The Morgan fingerprint density at radius 2 is 1.71 bits per heavy atom. The molecule has 0 aliphatic heterocycles. The van der Waals surface area contributed by atoms with E-state index in [4.69, 9.17) is 0 Å². The van der Waals surface area contributed by atoms with Gasteiger partial charge >= 0.3 is 0 Å². The van der Waals surface area contributed by atoms with Crippen molar-refractivity contribution in [1.82, 2.24) is 5.32 Å². The van der Waals surface area contributed by atoms with E-state index in [0.29, 0.717) is 0 Å². The Balaban J connectivity index is 2.57. The average Bonchev–Trinajstić information content (AvgIpc) is 2.40. The molecule has 2 N–H and O–H groups in total. The minimum atomic E-state index is -0.192. The molecule has 0 aliphatic rings. The summed E-state index contributed by atoms with van der Waals surface area (Å²) < 4.78 is 0. The van der Waals surface area contributed by atoms with Crippen LogP contribution in [0.1, 0.15) is 43.4 Å². The molecule has 0 aromatic heterocycles. The fraction of sp³-hybridized carbons (Fsp3) is 0.529. The van der Waals surface area contributed by atoms with Crippen LogP contribution in [0.25, 0.3) is 0 Å². The van der Waals surface area contributed by atoms with Crippen LogP contribution in [0.5, 0.6) is 0 Å². The topological polar surface area (TPSA) is 58.2 Å². The molecule has 0 heterocycles. The molecule has 0 bridgehead atoms. The standard InChI is InChI=1S/C17H26N2O2/c1-6-7-12(3)17(21)18-10-15(20)19-16-13(4)8-11(2)9-14(16)5/h8-9,12H,6-7,10H2,1-5H3,(H,18,21)(H,19,20). The minimum absolute atomic E-state index is 0.0135. The summed E-state index contributed by atoms with van der Waals surface area (Å²) in [5, 5.41) is 5.56. The van der Waals surface area contributed by atoms with E-state index in [1.54, 1.807) is 0 Å². The van der Waals surface area contributed by atoms with E-state index in [0.717, 1.165) is 29.7 Å². The Labute approximate surface area is 127 Å². The van der Waals surface area contributed by atoms with Gasteiger partial charge in [0.1, 0.15) is 0 Å². The van der Waals surface area contributed by atoms with Crippen LogP contribution in [0.15, 0.2) is 12.1 Å². The molecule has 4 heteroatoms. The van der Waals surface area contributed by atoms with E-state index < -0.39 is 0 Å². The molecule has 0 aliphatic carbocycles. The van der Waals surface area contributed by atoms with Crippen molar-refractivity contribution in [2.45, 2.75) is 47.5 Å². The molecule has 21 heavy (non-hydrogen) atoms. The molecule has 2 amide bonds. The number of carbonyl (C=O) groups is 2. The molecule has 0 spiro atoms. The van der Waals surface area contributed by atoms with Gasteiger partial charge in [-0.3, -0.25) is 9.59 Å². The Kier molecular flexibility index (Phi) is 6.40. The molecule has 4 nitrogen and oxygen atoms in total. The lowest BCUT2D eigenvalue weighted by molar-refractivity contribution is -0.127. The summed E-state index contributed by atoms with van der Waals surface area (Å²) in [6.07, 6.45) is 1.80. The van der Waals surface area contributed by atoms with Crippen molar-refractivity contribution in [2.24, 2.45) is 5.92 Å². The summed E-state index contributed by atoms with van der Waals surface area (Å²) in [6, 6.07) is 4.06. The van der Waals surface area contributed by atoms with Gasteiger partial charge in [0.05, 0.1) is 6.54 Å². The fourth-order valence-electron chi connectivity index (χ4n) is 2.47. The lowest BCUT2D eigenvalue weighted by Gasteiger charge is -2.14. The van der Waals surface area contributed by atoms with Crippen molar-refractivity contribution < 1.29 is 9.59 Å². The second-order valence-electron chi connectivity index (χ2n) is 5.73. The first-order valence-corrected chi connectivity index (χ1v) is 7.50. The summed E-state index contributed by atoms with van der Waals surface area (Å²) in [4.78, 5) is 23.7. The zero-order valence-electron chi connectivity index (χ0n) is 13.7. The first kappa shape index (κ1) is 17.2. The molecule has 1 atom stereocenters. The summed E-state index contributed by atoms with van der Waals surface area (Å²) in [5.41, 5.74) is 4.07. The monoisotopic (exact) mass is 290 g/mol. The molecule has 0 radical (unpaired) electrons. The van der Waals surface area contributed by atoms with Crippen LogP contribution >= 0.6 is 0 Å². The number of anilines is 1. The summed E-state index contributed by atoms with van der Waals surface area (Å²) in [6.45, 7) is 9.90. The highest BCUT2D eigenvalue weighted by atomic mass is 16.2. The van der Waals surface area contributed by atoms with Gasteiger partial charge in [0.2, 0.25) is 11.8 Å². The molecule has 0 saturated carbocycles. The maximum atomic E-state index is 12.0. The van der Waals surface area contributed by atoms with Crippen molar-refractivity contribution in [3.8, 4) is 0 Å². The molecule has 0 fully saturated rings. The first-order valence-electron chi connectivity index (χ1n) is 7.50. The largest absolute Gasteiger partial charge is 0.347 e. The van der Waals surface area contributed by atoms with Gasteiger partial charge in [-0.1, -0.05) is 38.0 Å². The smallest absolute Gasteiger partial charge is 0.243 e. The quantitative estimate of drug-likeness (QED) is 0.845. The van der Waals surface area contributed by atoms with Gasteiger partial charge in [0.15, 0.2) is 0 Å². The first-order chi connectivity index (χ1) is 9.85. The highest BCUT2D eigenvalue weighted by Crippen LogP contribution is 2.21. The van der Waals surface area contributed by atoms with E-state index in [2.05, 4.69) is 10.6 Å². The third-order valence-electron chi connectivity index (χ3n) is 3.53. The average molecular weight is 290 g/mol. The Bertz CT molecular complexity index is 501. The zero-order valence-corrected chi connectivity index (χ0v) is 13.7. The lowest BCUT2D eigenvalue weighted by Crippen LogP contribution is -2.36. The molecule has 0 saturated heterocycles. The molecule has 116 valence electrons. The number of rotatable bonds is 6. The van der Waals surface area contributed by atoms with Gasteiger partial charge in [-0.15, -0.1) is 0 Å². The number of nitrogens with one attached hydrogen (secondary N) is 2. The Hall–Kier alpha value is -1.84. The van der Waals surface area contributed by atoms with Gasteiger partial charge in [-0.25, -0.2) is 0 Å². The van der Waals surface area contributed by atoms with Gasteiger partial charge < -0.3 is 10.6 Å². The zero-order chi connectivity index (χ0) is 16.0. The number of hydrogen-bond donors (Lipinski definition) is 2. The number of carbonyl (C=O) groups excluding carboxylic acids is 2.